The van der Waals surface area contributed by atoms with E-state index in [0.29, 0.717) is 5.56 Å². The Labute approximate surface area is 111 Å². The van der Waals surface area contributed by atoms with Crippen molar-refractivity contribution in [3.8, 4) is 5.75 Å². The van der Waals surface area contributed by atoms with Gasteiger partial charge in [-0.15, -0.1) is 0 Å². The molecule has 0 unspecified atom stereocenters. The first-order valence-corrected chi connectivity index (χ1v) is 5.91. The summed E-state index contributed by atoms with van der Waals surface area (Å²) in [5.41, 5.74) is 1.51. The molecule has 19 heavy (non-hydrogen) atoms. The van der Waals surface area contributed by atoms with Crippen molar-refractivity contribution in [3.05, 3.63) is 59.4 Å². The highest BCUT2D eigenvalue weighted by Crippen LogP contribution is 2.18. The van der Waals surface area contributed by atoms with Crippen LogP contribution in [0.3, 0.4) is 0 Å². The van der Waals surface area contributed by atoms with Crippen LogP contribution in [0.25, 0.3) is 0 Å². The largest absolute Gasteiger partial charge is 0.492 e. The van der Waals surface area contributed by atoms with E-state index in [2.05, 4.69) is 0 Å². The number of rotatable bonds is 4. The van der Waals surface area contributed by atoms with Gasteiger partial charge in [-0.25, -0.2) is 4.39 Å². The average Bonchev–Trinajstić information content (AvgIpc) is 2.40. The average molecular weight is 260 g/mol. The lowest BCUT2D eigenvalue weighted by Crippen LogP contribution is -2.34. The summed E-state index contributed by atoms with van der Waals surface area (Å²) in [5.74, 6) is -0.719. The van der Waals surface area contributed by atoms with Gasteiger partial charge in [0.2, 0.25) is 0 Å². The summed E-state index contributed by atoms with van der Waals surface area (Å²) >= 11 is 0. The monoisotopic (exact) mass is 260 g/mol. The highest BCUT2D eigenvalue weighted by Gasteiger charge is 2.23. The molecule has 0 aliphatic rings. The van der Waals surface area contributed by atoms with Gasteiger partial charge < -0.3 is 14.8 Å². The third-order valence-electron chi connectivity index (χ3n) is 2.85. The molecule has 0 atom stereocenters. The Balaban J connectivity index is 2.27. The second kappa shape index (κ2) is 5.86. The third-order valence-corrected chi connectivity index (χ3v) is 2.85. The van der Waals surface area contributed by atoms with Gasteiger partial charge in [-0.1, -0.05) is 36.4 Å². The first kappa shape index (κ1) is 13.6. The molecule has 0 amide bonds. The van der Waals surface area contributed by atoms with Gasteiger partial charge in [0.05, 0.1) is 0 Å². The minimum Gasteiger partial charge on any atom is -0.486 e. The maximum absolute atomic E-state index is 13.7. The van der Waals surface area contributed by atoms with Crippen LogP contribution in [0, 0.1) is 12.7 Å². The molecule has 2 aromatic rings. The standard InChI is InChI=1S/C14H14BFO3/c1-10-7-8-12(16)14(13(10)15(17)18)19-9-11-5-3-2-4-6-11/h2-8,17-18H,9H2,1H3. The fourth-order valence-electron chi connectivity index (χ4n) is 1.87. The van der Waals surface area contributed by atoms with Crippen molar-refractivity contribution in [1.29, 1.82) is 0 Å². The molecule has 98 valence electrons. The first-order valence-electron chi connectivity index (χ1n) is 5.91. The van der Waals surface area contributed by atoms with E-state index in [-0.39, 0.29) is 17.8 Å². The second-order valence-electron chi connectivity index (χ2n) is 4.26. The molecule has 0 aliphatic heterocycles. The van der Waals surface area contributed by atoms with E-state index < -0.39 is 12.9 Å². The zero-order chi connectivity index (χ0) is 13.8. The van der Waals surface area contributed by atoms with E-state index in [1.807, 2.05) is 30.3 Å². The normalized spacial score (nSPS) is 10.3. The van der Waals surface area contributed by atoms with Crippen LogP contribution in [0.15, 0.2) is 42.5 Å². The first-order chi connectivity index (χ1) is 9.09. The molecule has 0 radical (unpaired) electrons. The number of hydrogen-bond acceptors (Lipinski definition) is 3. The van der Waals surface area contributed by atoms with Crippen molar-refractivity contribution in [1.82, 2.24) is 0 Å². The van der Waals surface area contributed by atoms with Gasteiger partial charge in [0.25, 0.3) is 0 Å². The Morgan fingerprint density at radius 1 is 1.11 bits per heavy atom. The number of hydrogen-bond donors (Lipinski definition) is 2. The SMILES string of the molecule is Cc1ccc(F)c(OCc2ccccc2)c1B(O)O. The molecule has 0 aliphatic carbocycles. The summed E-state index contributed by atoms with van der Waals surface area (Å²) in [6.07, 6.45) is 0. The molecule has 0 spiro atoms. The number of benzene rings is 2. The van der Waals surface area contributed by atoms with Crippen LogP contribution < -0.4 is 10.2 Å². The molecule has 0 heterocycles. The predicted molar refractivity (Wildman–Crippen MR) is 71.7 cm³/mol. The van der Waals surface area contributed by atoms with Gasteiger partial charge in [-0.3, -0.25) is 0 Å². The summed E-state index contributed by atoms with van der Waals surface area (Å²) in [6, 6.07) is 12.0. The Bertz CT molecular complexity index is 558. The van der Waals surface area contributed by atoms with Crippen LogP contribution in [-0.4, -0.2) is 17.2 Å². The Morgan fingerprint density at radius 3 is 2.42 bits per heavy atom. The van der Waals surface area contributed by atoms with Crippen LogP contribution in [-0.2, 0) is 6.61 Å². The molecular weight excluding hydrogens is 246 g/mol. The summed E-state index contributed by atoms with van der Waals surface area (Å²) in [7, 11) is -1.76. The van der Waals surface area contributed by atoms with E-state index in [1.54, 1.807) is 6.92 Å². The molecule has 5 heteroatoms. The Kier molecular flexibility index (Phi) is 4.19. The molecule has 2 N–H and O–H groups in total. The fourth-order valence-corrected chi connectivity index (χ4v) is 1.87. The maximum atomic E-state index is 13.7. The summed E-state index contributed by atoms with van der Waals surface area (Å²) in [6.45, 7) is 1.84. The predicted octanol–water partition coefficient (Wildman–Crippen LogP) is 1.39. The number of aryl methyl sites for hydroxylation is 1. The second-order valence-corrected chi connectivity index (χ2v) is 4.26. The summed E-state index contributed by atoms with van der Waals surface area (Å²) in [4.78, 5) is 0. The van der Waals surface area contributed by atoms with E-state index in [4.69, 9.17) is 4.74 Å². The zero-order valence-electron chi connectivity index (χ0n) is 10.5. The maximum Gasteiger partial charge on any atom is 0.492 e. The van der Waals surface area contributed by atoms with Crippen LogP contribution in [0.1, 0.15) is 11.1 Å². The van der Waals surface area contributed by atoms with E-state index in [0.717, 1.165) is 5.56 Å². The smallest absolute Gasteiger partial charge is 0.486 e. The summed E-state index contributed by atoms with van der Waals surface area (Å²) < 4.78 is 19.1. The molecule has 2 rings (SSSR count). The minimum absolute atomic E-state index is 0.0657. The van der Waals surface area contributed by atoms with Gasteiger partial charge in [0.15, 0.2) is 11.6 Å². The van der Waals surface area contributed by atoms with Gasteiger partial charge in [-0.2, -0.15) is 0 Å². The number of ether oxygens (including phenoxy) is 1. The molecule has 0 bridgehead atoms. The molecule has 2 aromatic carbocycles. The highest BCUT2D eigenvalue weighted by molar-refractivity contribution is 6.60. The Hall–Kier alpha value is -1.85. The third kappa shape index (κ3) is 3.13. The van der Waals surface area contributed by atoms with Crippen LogP contribution >= 0.6 is 0 Å². The van der Waals surface area contributed by atoms with Crippen molar-refractivity contribution in [2.45, 2.75) is 13.5 Å². The van der Waals surface area contributed by atoms with Crippen molar-refractivity contribution < 1.29 is 19.2 Å². The van der Waals surface area contributed by atoms with Gasteiger partial charge >= 0.3 is 7.12 Å². The lowest BCUT2D eigenvalue weighted by molar-refractivity contribution is 0.291. The van der Waals surface area contributed by atoms with Gasteiger partial charge in [0, 0.05) is 5.46 Å². The van der Waals surface area contributed by atoms with Crippen molar-refractivity contribution in [2.24, 2.45) is 0 Å². The topological polar surface area (TPSA) is 49.7 Å². The van der Waals surface area contributed by atoms with Gasteiger partial charge in [0.1, 0.15) is 6.61 Å². The van der Waals surface area contributed by atoms with Crippen molar-refractivity contribution in [3.63, 3.8) is 0 Å². The van der Waals surface area contributed by atoms with E-state index in [1.165, 1.54) is 12.1 Å². The molecule has 0 saturated carbocycles. The quantitative estimate of drug-likeness (QED) is 0.817. The molecule has 0 saturated heterocycles. The molecule has 3 nitrogen and oxygen atoms in total. The van der Waals surface area contributed by atoms with Gasteiger partial charge in [-0.05, 0) is 24.1 Å². The molecule has 0 fully saturated rings. The zero-order valence-corrected chi connectivity index (χ0v) is 10.5. The van der Waals surface area contributed by atoms with Crippen LogP contribution in [0.2, 0.25) is 0 Å². The lowest BCUT2D eigenvalue weighted by Gasteiger charge is -2.14. The Morgan fingerprint density at radius 2 is 1.79 bits per heavy atom. The van der Waals surface area contributed by atoms with Crippen molar-refractivity contribution >= 4 is 12.6 Å². The highest BCUT2D eigenvalue weighted by atomic mass is 19.1. The van der Waals surface area contributed by atoms with Crippen LogP contribution in [0.5, 0.6) is 5.75 Å². The molecule has 0 aromatic heterocycles. The molecular formula is C14H14BFO3. The van der Waals surface area contributed by atoms with E-state index >= 15 is 0 Å². The number of halogens is 1. The fraction of sp³-hybridized carbons (Fsp3) is 0.143. The summed E-state index contributed by atoms with van der Waals surface area (Å²) in [5, 5.41) is 18.6. The van der Waals surface area contributed by atoms with Crippen LogP contribution in [0.4, 0.5) is 4.39 Å². The van der Waals surface area contributed by atoms with Crippen molar-refractivity contribution in [2.75, 3.05) is 0 Å². The van der Waals surface area contributed by atoms with E-state index in [9.17, 15) is 14.4 Å². The minimum atomic E-state index is -1.76. The lowest BCUT2D eigenvalue weighted by atomic mass is 9.76.